The van der Waals surface area contributed by atoms with E-state index in [-0.39, 0.29) is 17.4 Å². The van der Waals surface area contributed by atoms with E-state index in [9.17, 15) is 14.4 Å². The summed E-state index contributed by atoms with van der Waals surface area (Å²) in [6.07, 6.45) is 4.15. The van der Waals surface area contributed by atoms with Crippen LogP contribution in [0.15, 0.2) is 18.2 Å². The van der Waals surface area contributed by atoms with Gasteiger partial charge in [0.05, 0.1) is 16.7 Å². The first-order valence-corrected chi connectivity index (χ1v) is 10.5. The van der Waals surface area contributed by atoms with Crippen LogP contribution >= 0.6 is 0 Å². The molecule has 1 aromatic carbocycles. The molecule has 0 unspecified atom stereocenters. The maximum absolute atomic E-state index is 12.8. The maximum atomic E-state index is 12.8. The second-order valence-corrected chi connectivity index (χ2v) is 8.05. The molecular formula is C23H26N4O4. The van der Waals surface area contributed by atoms with E-state index in [4.69, 9.17) is 5.11 Å². The summed E-state index contributed by atoms with van der Waals surface area (Å²) in [5.74, 6) is -1.48. The van der Waals surface area contributed by atoms with Crippen LogP contribution in [-0.2, 0) is 4.79 Å². The molecule has 2 aliphatic heterocycles. The molecule has 3 heterocycles. The molecule has 162 valence electrons. The first-order chi connectivity index (χ1) is 14.8. The van der Waals surface area contributed by atoms with Crippen LogP contribution in [0, 0.1) is 13.8 Å². The van der Waals surface area contributed by atoms with Gasteiger partial charge in [-0.1, -0.05) is 6.07 Å². The van der Waals surface area contributed by atoms with Gasteiger partial charge in [-0.15, -0.1) is 0 Å². The fourth-order valence-electron chi connectivity index (χ4n) is 4.30. The minimum Gasteiger partial charge on any atom is -0.478 e. The van der Waals surface area contributed by atoms with Crippen molar-refractivity contribution in [3.8, 4) is 0 Å². The number of nitrogens with zero attached hydrogens (tertiary/aromatic N) is 1. The number of aromatic nitrogens is 1. The van der Waals surface area contributed by atoms with Gasteiger partial charge in [-0.05, 0) is 63.6 Å². The number of fused-ring (bicyclic) bond motifs is 1. The summed E-state index contributed by atoms with van der Waals surface area (Å²) < 4.78 is 0. The molecule has 2 aromatic rings. The van der Waals surface area contributed by atoms with Crippen molar-refractivity contribution in [1.29, 1.82) is 0 Å². The van der Waals surface area contributed by atoms with Crippen molar-refractivity contribution in [3.63, 3.8) is 0 Å². The third-order valence-corrected chi connectivity index (χ3v) is 5.95. The van der Waals surface area contributed by atoms with Gasteiger partial charge in [-0.3, -0.25) is 9.59 Å². The zero-order valence-corrected chi connectivity index (χ0v) is 17.7. The molecule has 2 aliphatic rings. The van der Waals surface area contributed by atoms with Crippen molar-refractivity contribution in [2.45, 2.75) is 26.7 Å². The number of rotatable bonds is 6. The van der Waals surface area contributed by atoms with E-state index in [1.54, 1.807) is 12.1 Å². The largest absolute Gasteiger partial charge is 0.478 e. The smallest absolute Gasteiger partial charge is 0.335 e. The van der Waals surface area contributed by atoms with E-state index >= 15 is 0 Å². The topological polar surface area (TPSA) is 115 Å². The fourth-order valence-corrected chi connectivity index (χ4v) is 4.30. The second kappa shape index (κ2) is 8.39. The average molecular weight is 422 g/mol. The van der Waals surface area contributed by atoms with Crippen LogP contribution in [0.1, 0.15) is 56.1 Å². The van der Waals surface area contributed by atoms with Crippen molar-refractivity contribution in [2.24, 2.45) is 0 Å². The lowest BCUT2D eigenvalue weighted by Gasteiger charge is -2.14. The van der Waals surface area contributed by atoms with Crippen LogP contribution in [0.25, 0.3) is 11.6 Å². The monoisotopic (exact) mass is 422 g/mol. The number of nitrogens with one attached hydrogen (secondary N) is 3. The van der Waals surface area contributed by atoms with Gasteiger partial charge >= 0.3 is 5.97 Å². The predicted molar refractivity (Wildman–Crippen MR) is 118 cm³/mol. The highest BCUT2D eigenvalue weighted by Crippen LogP contribution is 2.34. The molecule has 31 heavy (non-hydrogen) atoms. The van der Waals surface area contributed by atoms with Crippen molar-refractivity contribution in [1.82, 2.24) is 15.2 Å². The minimum absolute atomic E-state index is 0.111. The Labute approximate surface area is 180 Å². The quantitative estimate of drug-likeness (QED) is 0.535. The lowest BCUT2D eigenvalue weighted by molar-refractivity contribution is -0.110. The summed E-state index contributed by atoms with van der Waals surface area (Å²) in [4.78, 5) is 42.0. The van der Waals surface area contributed by atoms with Crippen molar-refractivity contribution in [3.05, 3.63) is 51.8 Å². The molecule has 0 atom stereocenters. The minimum atomic E-state index is -1.05. The molecule has 0 bridgehead atoms. The highest BCUT2D eigenvalue weighted by molar-refractivity contribution is 6.35. The number of hydrogen-bond acceptors (Lipinski definition) is 4. The number of likely N-dealkylation sites (tertiary alicyclic amines) is 1. The molecule has 0 saturated carbocycles. The highest BCUT2D eigenvalue weighted by atomic mass is 16.4. The third-order valence-electron chi connectivity index (χ3n) is 5.95. The number of carbonyl (C=O) groups is 3. The number of aromatic carboxylic acids is 1. The van der Waals surface area contributed by atoms with E-state index in [0.717, 1.165) is 30.9 Å². The molecule has 8 heteroatoms. The number of carboxylic acids is 1. The molecule has 1 fully saturated rings. The Balaban J connectivity index is 1.55. The number of aryl methyl sites for hydroxylation is 1. The van der Waals surface area contributed by atoms with E-state index in [1.807, 2.05) is 13.8 Å². The number of carboxylic acid groups (broad SMARTS) is 1. The molecule has 1 aromatic heterocycles. The van der Waals surface area contributed by atoms with Gasteiger partial charge in [0.2, 0.25) is 0 Å². The number of anilines is 1. The summed E-state index contributed by atoms with van der Waals surface area (Å²) in [7, 11) is 0. The summed E-state index contributed by atoms with van der Waals surface area (Å²) in [5, 5.41) is 14.9. The van der Waals surface area contributed by atoms with E-state index in [2.05, 4.69) is 20.5 Å². The average Bonchev–Trinajstić information content (AvgIpc) is 3.41. The third kappa shape index (κ3) is 4.11. The SMILES string of the molecule is Cc1[nH]c(C=C2C(=O)Nc3cc(C(=O)O)ccc32)c(C)c1C(=O)NCCN1CCCC1. The molecule has 0 spiro atoms. The zero-order valence-electron chi connectivity index (χ0n) is 17.7. The van der Waals surface area contributed by atoms with Gasteiger partial charge in [-0.2, -0.15) is 0 Å². The Morgan fingerprint density at radius 3 is 2.68 bits per heavy atom. The molecule has 8 nitrogen and oxygen atoms in total. The van der Waals surface area contributed by atoms with Gasteiger partial charge in [-0.25, -0.2) is 4.79 Å². The van der Waals surface area contributed by atoms with Gasteiger partial charge in [0, 0.05) is 35.7 Å². The molecule has 2 amide bonds. The second-order valence-electron chi connectivity index (χ2n) is 8.05. The summed E-state index contributed by atoms with van der Waals surface area (Å²) in [6, 6.07) is 4.55. The zero-order chi connectivity index (χ0) is 22.1. The van der Waals surface area contributed by atoms with Crippen LogP contribution in [0.5, 0.6) is 0 Å². The van der Waals surface area contributed by atoms with E-state index in [0.29, 0.717) is 34.6 Å². The molecular weight excluding hydrogens is 396 g/mol. The van der Waals surface area contributed by atoms with Crippen LogP contribution in [0.2, 0.25) is 0 Å². The number of benzene rings is 1. The Bertz CT molecular complexity index is 1090. The van der Waals surface area contributed by atoms with E-state index in [1.165, 1.54) is 25.0 Å². The Hall–Kier alpha value is -3.39. The number of aromatic amines is 1. The van der Waals surface area contributed by atoms with Gasteiger partial charge in [0.15, 0.2) is 0 Å². The maximum Gasteiger partial charge on any atom is 0.335 e. The number of amides is 2. The first-order valence-electron chi connectivity index (χ1n) is 10.5. The predicted octanol–water partition coefficient (Wildman–Crippen LogP) is 2.65. The Morgan fingerprint density at radius 2 is 1.97 bits per heavy atom. The lowest BCUT2D eigenvalue weighted by Crippen LogP contribution is -2.33. The Morgan fingerprint density at radius 1 is 1.23 bits per heavy atom. The molecule has 4 N–H and O–H groups in total. The van der Waals surface area contributed by atoms with Crippen molar-refractivity contribution >= 4 is 35.1 Å². The normalized spacial score (nSPS) is 17.1. The van der Waals surface area contributed by atoms with Crippen molar-refractivity contribution < 1.29 is 19.5 Å². The Kier molecular flexibility index (Phi) is 5.65. The number of carbonyl (C=O) groups excluding carboxylic acids is 2. The van der Waals surface area contributed by atoms with Gasteiger partial charge < -0.3 is 25.6 Å². The number of hydrogen-bond donors (Lipinski definition) is 4. The van der Waals surface area contributed by atoms with Gasteiger partial charge in [0.1, 0.15) is 0 Å². The van der Waals surface area contributed by atoms with Crippen LogP contribution in [0.3, 0.4) is 0 Å². The summed E-state index contributed by atoms with van der Waals surface area (Å²) in [6.45, 7) is 7.32. The standard InChI is InChI=1S/C23H26N4O4/c1-13-18(12-17-16-6-5-15(23(30)31)11-19(16)26-21(17)28)25-14(2)20(13)22(29)24-7-10-27-8-3-4-9-27/h5-6,11-12,25H,3-4,7-10H2,1-2H3,(H,24,29)(H,26,28)(H,30,31). The van der Waals surface area contributed by atoms with Crippen LogP contribution in [-0.4, -0.2) is 59.0 Å². The summed E-state index contributed by atoms with van der Waals surface area (Å²) >= 11 is 0. The van der Waals surface area contributed by atoms with Crippen LogP contribution in [0.4, 0.5) is 5.69 Å². The first kappa shape index (κ1) is 20.9. The summed E-state index contributed by atoms with van der Waals surface area (Å²) in [5.41, 5.74) is 4.43. The molecule has 4 rings (SSSR count). The fraction of sp³-hybridized carbons (Fsp3) is 0.348. The molecule has 0 radical (unpaired) electrons. The van der Waals surface area contributed by atoms with E-state index < -0.39 is 5.97 Å². The highest BCUT2D eigenvalue weighted by Gasteiger charge is 2.26. The van der Waals surface area contributed by atoms with Gasteiger partial charge in [0.25, 0.3) is 11.8 Å². The molecule has 0 aliphatic carbocycles. The number of H-pyrrole nitrogens is 1. The molecule has 1 saturated heterocycles. The lowest BCUT2D eigenvalue weighted by atomic mass is 10.0. The van der Waals surface area contributed by atoms with Crippen molar-refractivity contribution in [2.75, 3.05) is 31.5 Å². The van der Waals surface area contributed by atoms with Crippen LogP contribution < -0.4 is 10.6 Å².